The van der Waals surface area contributed by atoms with E-state index in [1.165, 1.54) is 11.1 Å². The second kappa shape index (κ2) is 12.7. The standard InChI is InChI=1S/C27H37BN2O5/c1-18(2)14-25(28(33)34)30-27(32)17-24(21-11-7-12-22(15-21)35-3)29-26(31)16-20-10-6-9-19-8-4-5-13-23(19)20/h4-5,7-8,11-13,15,18,20,24-25,33-34H,6,9-10,14,16-17H2,1-3H3,(H,29,31)(H,30,32)/t20-,24?,25-/m0/s1. The van der Waals surface area contributed by atoms with Crippen LogP contribution in [0.1, 0.15) is 74.6 Å². The van der Waals surface area contributed by atoms with Gasteiger partial charge in [-0.15, -0.1) is 0 Å². The molecule has 0 fully saturated rings. The van der Waals surface area contributed by atoms with Crippen molar-refractivity contribution in [1.29, 1.82) is 0 Å². The molecular formula is C27H37BN2O5. The predicted molar refractivity (Wildman–Crippen MR) is 137 cm³/mol. The second-order valence-electron chi connectivity index (χ2n) is 9.81. The van der Waals surface area contributed by atoms with E-state index in [0.29, 0.717) is 18.6 Å². The quantitative estimate of drug-likeness (QED) is 0.369. The first-order valence-corrected chi connectivity index (χ1v) is 12.4. The fourth-order valence-electron chi connectivity index (χ4n) is 4.87. The molecule has 0 radical (unpaired) electrons. The second-order valence-corrected chi connectivity index (χ2v) is 9.81. The molecule has 0 saturated carbocycles. The van der Waals surface area contributed by atoms with Gasteiger partial charge in [-0.2, -0.15) is 0 Å². The summed E-state index contributed by atoms with van der Waals surface area (Å²) in [7, 11) is -0.0865. The van der Waals surface area contributed by atoms with Crippen LogP contribution in [0.2, 0.25) is 0 Å². The molecule has 4 N–H and O–H groups in total. The minimum absolute atomic E-state index is 0.0263. The summed E-state index contributed by atoms with van der Waals surface area (Å²) < 4.78 is 5.34. The number of ether oxygens (including phenoxy) is 1. The number of carbonyl (C=O) groups is 2. The van der Waals surface area contributed by atoms with Crippen molar-refractivity contribution in [2.75, 3.05) is 7.11 Å². The molecule has 0 heterocycles. The molecule has 0 saturated heterocycles. The Kier molecular flexibility index (Phi) is 9.75. The Bertz CT molecular complexity index is 997. The number of hydrogen-bond acceptors (Lipinski definition) is 5. The summed E-state index contributed by atoms with van der Waals surface area (Å²) in [6.07, 6.45) is 3.80. The van der Waals surface area contributed by atoms with Gasteiger partial charge in [-0.05, 0) is 66.3 Å². The highest BCUT2D eigenvalue weighted by atomic mass is 16.5. The van der Waals surface area contributed by atoms with Gasteiger partial charge >= 0.3 is 7.12 Å². The van der Waals surface area contributed by atoms with Crippen LogP contribution >= 0.6 is 0 Å². The average molecular weight is 480 g/mol. The SMILES string of the molecule is COc1cccc(C(CC(=O)N[C@@H](CC(C)C)B(O)O)NC(=O)C[C@@H]2CCCc3ccccc32)c1. The summed E-state index contributed by atoms with van der Waals surface area (Å²) in [5.41, 5.74) is 3.29. The molecule has 3 atom stereocenters. The molecular weight excluding hydrogens is 443 g/mol. The summed E-state index contributed by atoms with van der Waals surface area (Å²) in [6, 6.07) is 15.0. The van der Waals surface area contributed by atoms with Gasteiger partial charge in [-0.1, -0.05) is 50.2 Å². The molecule has 7 nitrogen and oxygen atoms in total. The number of aryl methyl sites for hydroxylation is 1. The molecule has 2 aromatic rings. The molecule has 3 rings (SSSR count). The first-order valence-electron chi connectivity index (χ1n) is 12.4. The molecule has 0 aliphatic heterocycles. The first kappa shape index (κ1) is 26.8. The van der Waals surface area contributed by atoms with Crippen molar-refractivity contribution in [3.05, 3.63) is 65.2 Å². The van der Waals surface area contributed by atoms with E-state index in [1.54, 1.807) is 13.2 Å². The average Bonchev–Trinajstić information content (AvgIpc) is 2.83. The number of carbonyl (C=O) groups excluding carboxylic acids is 2. The fraction of sp³-hybridized carbons (Fsp3) is 0.481. The summed E-state index contributed by atoms with van der Waals surface area (Å²) >= 11 is 0. The molecule has 8 heteroatoms. The Morgan fingerprint density at radius 3 is 2.57 bits per heavy atom. The highest BCUT2D eigenvalue weighted by Gasteiger charge is 2.29. The lowest BCUT2D eigenvalue weighted by Crippen LogP contribution is -2.48. The van der Waals surface area contributed by atoms with Crippen molar-refractivity contribution in [2.45, 2.75) is 70.3 Å². The molecule has 0 bridgehead atoms. The number of benzene rings is 2. The van der Waals surface area contributed by atoms with Gasteiger partial charge in [0.1, 0.15) is 5.75 Å². The molecule has 0 aromatic heterocycles. The van der Waals surface area contributed by atoms with Crippen molar-refractivity contribution in [2.24, 2.45) is 5.92 Å². The Labute approximate surface area is 208 Å². The number of fused-ring (bicyclic) bond motifs is 1. The van der Waals surface area contributed by atoms with Crippen LogP contribution < -0.4 is 15.4 Å². The van der Waals surface area contributed by atoms with E-state index in [0.717, 1.165) is 24.8 Å². The van der Waals surface area contributed by atoms with Crippen molar-refractivity contribution >= 4 is 18.9 Å². The molecule has 1 unspecified atom stereocenters. The maximum Gasteiger partial charge on any atom is 0.475 e. The van der Waals surface area contributed by atoms with Crippen LogP contribution in [0.5, 0.6) is 5.75 Å². The van der Waals surface area contributed by atoms with Crippen LogP contribution in [0.15, 0.2) is 48.5 Å². The first-order chi connectivity index (χ1) is 16.8. The van der Waals surface area contributed by atoms with E-state index in [2.05, 4.69) is 22.8 Å². The van der Waals surface area contributed by atoms with Gasteiger partial charge in [0, 0.05) is 6.42 Å². The number of amides is 2. The summed E-state index contributed by atoms with van der Waals surface area (Å²) in [4.78, 5) is 26.1. The predicted octanol–water partition coefficient (Wildman–Crippen LogP) is 3.30. The van der Waals surface area contributed by atoms with Crippen LogP contribution in [0.25, 0.3) is 0 Å². The van der Waals surface area contributed by atoms with Gasteiger partial charge in [-0.3, -0.25) is 9.59 Å². The monoisotopic (exact) mass is 480 g/mol. The van der Waals surface area contributed by atoms with Gasteiger partial charge in [0.2, 0.25) is 11.8 Å². The number of rotatable bonds is 11. The molecule has 2 amide bonds. The third-order valence-electron chi connectivity index (χ3n) is 6.58. The fourth-order valence-corrected chi connectivity index (χ4v) is 4.87. The Morgan fingerprint density at radius 2 is 1.86 bits per heavy atom. The zero-order chi connectivity index (χ0) is 25.4. The van der Waals surface area contributed by atoms with Crippen molar-refractivity contribution in [1.82, 2.24) is 10.6 Å². The molecule has 1 aliphatic carbocycles. The van der Waals surface area contributed by atoms with Crippen LogP contribution in [-0.4, -0.2) is 42.0 Å². The maximum absolute atomic E-state index is 13.2. The number of nitrogens with one attached hydrogen (secondary N) is 2. The lowest BCUT2D eigenvalue weighted by Gasteiger charge is -2.27. The largest absolute Gasteiger partial charge is 0.497 e. The lowest BCUT2D eigenvalue weighted by molar-refractivity contribution is -0.124. The third kappa shape index (κ3) is 7.84. The normalized spacial score (nSPS) is 16.7. The van der Waals surface area contributed by atoms with Gasteiger partial charge in [0.25, 0.3) is 0 Å². The third-order valence-corrected chi connectivity index (χ3v) is 6.58. The molecule has 1 aliphatic rings. The van der Waals surface area contributed by atoms with Crippen molar-refractivity contribution in [3.8, 4) is 5.75 Å². The molecule has 188 valence electrons. The van der Waals surface area contributed by atoms with Crippen LogP contribution in [0, 0.1) is 5.92 Å². The minimum Gasteiger partial charge on any atom is -0.497 e. The highest BCUT2D eigenvalue weighted by Crippen LogP contribution is 2.34. The van der Waals surface area contributed by atoms with E-state index in [4.69, 9.17) is 4.74 Å². The van der Waals surface area contributed by atoms with E-state index < -0.39 is 19.1 Å². The van der Waals surface area contributed by atoms with E-state index >= 15 is 0 Å². The zero-order valence-electron chi connectivity index (χ0n) is 20.9. The minimum atomic E-state index is -1.66. The number of methoxy groups -OCH3 is 1. The van der Waals surface area contributed by atoms with Crippen LogP contribution in [0.3, 0.4) is 0 Å². The summed E-state index contributed by atoms with van der Waals surface area (Å²) in [5, 5.41) is 25.2. The van der Waals surface area contributed by atoms with Gasteiger partial charge in [0.05, 0.1) is 25.5 Å². The summed E-state index contributed by atoms with van der Waals surface area (Å²) in [6.45, 7) is 3.90. The van der Waals surface area contributed by atoms with Crippen molar-refractivity contribution < 1.29 is 24.4 Å². The molecule has 2 aromatic carbocycles. The van der Waals surface area contributed by atoms with Gasteiger partial charge < -0.3 is 25.4 Å². The molecule has 35 heavy (non-hydrogen) atoms. The number of hydrogen-bond donors (Lipinski definition) is 4. The molecule has 0 spiro atoms. The van der Waals surface area contributed by atoms with Gasteiger partial charge in [0.15, 0.2) is 0 Å². The highest BCUT2D eigenvalue weighted by molar-refractivity contribution is 6.43. The van der Waals surface area contributed by atoms with E-state index in [1.807, 2.05) is 44.2 Å². The smallest absolute Gasteiger partial charge is 0.475 e. The topological polar surface area (TPSA) is 108 Å². The zero-order valence-corrected chi connectivity index (χ0v) is 20.9. The van der Waals surface area contributed by atoms with Crippen LogP contribution in [0.4, 0.5) is 0 Å². The maximum atomic E-state index is 13.2. The Hall–Kier alpha value is -2.84. The van der Waals surface area contributed by atoms with E-state index in [9.17, 15) is 19.6 Å². The Balaban J connectivity index is 1.73. The van der Waals surface area contributed by atoms with E-state index in [-0.39, 0.29) is 30.1 Å². The van der Waals surface area contributed by atoms with Gasteiger partial charge in [-0.25, -0.2) is 0 Å². The van der Waals surface area contributed by atoms with Crippen LogP contribution in [-0.2, 0) is 16.0 Å². The summed E-state index contributed by atoms with van der Waals surface area (Å²) in [5.74, 6) is -0.295. The lowest BCUT2D eigenvalue weighted by atomic mass is 9.75. The Morgan fingerprint density at radius 1 is 1.09 bits per heavy atom. The van der Waals surface area contributed by atoms with Crippen molar-refractivity contribution in [3.63, 3.8) is 0 Å².